The highest BCUT2D eigenvalue weighted by Crippen LogP contribution is 2.38. The van der Waals surface area contributed by atoms with Crippen molar-refractivity contribution < 1.29 is 4.74 Å². The Hall–Kier alpha value is -2.17. The third-order valence-electron chi connectivity index (χ3n) is 8.23. The number of hydrogen-bond donors (Lipinski definition) is 2. The van der Waals surface area contributed by atoms with Crippen LogP contribution in [0.4, 0.5) is 0 Å². The van der Waals surface area contributed by atoms with E-state index in [1.165, 1.54) is 72.1 Å². The number of aromatic amines is 1. The number of allylic oxidation sites excluding steroid dienone is 4. The summed E-state index contributed by atoms with van der Waals surface area (Å²) in [7, 11) is 0. The molecule has 1 aromatic heterocycles. The van der Waals surface area contributed by atoms with Crippen molar-refractivity contribution in [2.75, 3.05) is 26.3 Å². The number of piperidine rings is 1. The van der Waals surface area contributed by atoms with E-state index in [2.05, 4.69) is 61.0 Å². The van der Waals surface area contributed by atoms with E-state index in [1.54, 1.807) is 0 Å². The minimum absolute atomic E-state index is 0.437. The summed E-state index contributed by atoms with van der Waals surface area (Å²) in [5.74, 6) is 1.08. The minimum atomic E-state index is 0.437. The van der Waals surface area contributed by atoms with Crippen LogP contribution in [0.1, 0.15) is 94.4 Å². The number of aromatic nitrogens is 1. The topological polar surface area (TPSA) is 52.1 Å². The van der Waals surface area contributed by atoms with Crippen LogP contribution in [-0.4, -0.2) is 47.9 Å². The maximum absolute atomic E-state index is 8.33. The average Bonchev–Trinajstić information content (AvgIpc) is 3.24. The predicted octanol–water partition coefficient (Wildman–Crippen LogP) is 7.18. The summed E-state index contributed by atoms with van der Waals surface area (Å²) < 4.78 is 5.74. The molecule has 3 heterocycles. The first-order valence-corrected chi connectivity index (χ1v) is 13.4. The molecule has 0 amide bonds. The van der Waals surface area contributed by atoms with Gasteiger partial charge in [-0.3, -0.25) is 4.90 Å². The van der Waals surface area contributed by atoms with Crippen LogP contribution in [0.3, 0.4) is 0 Å². The molecule has 182 valence electrons. The molecule has 4 heteroatoms. The number of fused-ring (bicyclic) bond motifs is 1. The molecule has 5 rings (SSSR count). The van der Waals surface area contributed by atoms with Crippen molar-refractivity contribution in [2.45, 2.75) is 83.6 Å². The highest BCUT2D eigenvalue weighted by atomic mass is 16.5. The zero-order chi connectivity index (χ0) is 23.7. The number of rotatable bonds is 4. The van der Waals surface area contributed by atoms with E-state index in [9.17, 15) is 0 Å². The van der Waals surface area contributed by atoms with Crippen LogP contribution < -0.4 is 0 Å². The number of nitrogens with zero attached hydrogens (tertiary/aromatic N) is 1. The van der Waals surface area contributed by atoms with Gasteiger partial charge in [-0.25, -0.2) is 0 Å². The smallest absolute Gasteiger partial charge is 0.0621 e. The molecule has 3 aliphatic rings. The average molecular weight is 460 g/mol. The lowest BCUT2D eigenvalue weighted by molar-refractivity contribution is 0.00886. The first-order chi connectivity index (χ1) is 16.5. The molecule has 0 radical (unpaired) electrons. The third kappa shape index (κ3) is 4.81. The van der Waals surface area contributed by atoms with Gasteiger partial charge in [0, 0.05) is 35.0 Å². The van der Waals surface area contributed by atoms with Crippen molar-refractivity contribution in [2.24, 2.45) is 0 Å². The molecule has 2 aliphatic heterocycles. The van der Waals surface area contributed by atoms with Gasteiger partial charge in [0.05, 0.1) is 6.61 Å². The summed E-state index contributed by atoms with van der Waals surface area (Å²) in [6.45, 7) is 11.0. The fraction of sp³-hybridized carbons (Fsp3) is 0.567. The summed E-state index contributed by atoms with van der Waals surface area (Å²) in [5, 5.41) is 9.72. The van der Waals surface area contributed by atoms with Crippen molar-refractivity contribution in [1.29, 1.82) is 5.41 Å². The Morgan fingerprint density at radius 2 is 1.94 bits per heavy atom. The number of H-pyrrole nitrogens is 1. The Labute approximate surface area is 205 Å². The van der Waals surface area contributed by atoms with Gasteiger partial charge in [-0.1, -0.05) is 26.0 Å². The van der Waals surface area contributed by atoms with Gasteiger partial charge in [0.25, 0.3) is 0 Å². The molecule has 0 saturated carbocycles. The molecular weight excluding hydrogens is 418 g/mol. The number of nitrogens with one attached hydrogen (secondary N) is 2. The standard InChI is InChI=1S/C30H41N3O/c1-20(2)29-26-18-23(22-12-14-33(15-13-22)25-8-6-16-34-19-25)10-11-28(26)32-30(29)24-7-4-5-9-27(31)21(3)17-24/h7,10-11,17-18,20,22,25,31-32H,4-6,8-9,12-16,19H2,1-3H3/b21-17-,24-7+,31-27?. The van der Waals surface area contributed by atoms with Crippen molar-refractivity contribution in [3.63, 3.8) is 0 Å². The first kappa shape index (κ1) is 23.6. The van der Waals surface area contributed by atoms with Crippen molar-refractivity contribution >= 4 is 22.2 Å². The van der Waals surface area contributed by atoms with E-state index in [1.807, 2.05) is 0 Å². The van der Waals surface area contributed by atoms with E-state index in [0.717, 1.165) is 43.8 Å². The zero-order valence-electron chi connectivity index (χ0n) is 21.3. The number of benzene rings is 1. The predicted molar refractivity (Wildman–Crippen MR) is 143 cm³/mol. The molecule has 0 bridgehead atoms. The van der Waals surface area contributed by atoms with Crippen LogP contribution in [0.15, 0.2) is 35.9 Å². The number of hydrogen-bond acceptors (Lipinski definition) is 3. The van der Waals surface area contributed by atoms with Gasteiger partial charge in [0.15, 0.2) is 0 Å². The van der Waals surface area contributed by atoms with Gasteiger partial charge < -0.3 is 15.1 Å². The Morgan fingerprint density at radius 1 is 1.12 bits per heavy atom. The molecule has 1 unspecified atom stereocenters. The van der Waals surface area contributed by atoms with Gasteiger partial charge in [-0.15, -0.1) is 0 Å². The summed E-state index contributed by atoms with van der Waals surface area (Å²) in [4.78, 5) is 6.45. The van der Waals surface area contributed by atoms with Crippen LogP contribution in [0.5, 0.6) is 0 Å². The minimum Gasteiger partial charge on any atom is -0.380 e. The molecule has 2 saturated heterocycles. The lowest BCUT2D eigenvalue weighted by Crippen LogP contribution is -2.45. The first-order valence-electron chi connectivity index (χ1n) is 13.4. The quantitative estimate of drug-likeness (QED) is 0.509. The maximum Gasteiger partial charge on any atom is 0.0621 e. The third-order valence-corrected chi connectivity index (χ3v) is 8.23. The van der Waals surface area contributed by atoms with Gasteiger partial charge >= 0.3 is 0 Å². The van der Waals surface area contributed by atoms with Gasteiger partial charge in [0.1, 0.15) is 0 Å². The van der Waals surface area contributed by atoms with Gasteiger partial charge in [-0.05, 0) is 117 Å². The summed E-state index contributed by atoms with van der Waals surface area (Å²) in [6, 6.07) is 7.78. The van der Waals surface area contributed by atoms with E-state index in [4.69, 9.17) is 10.1 Å². The molecule has 1 atom stereocenters. The molecule has 2 fully saturated rings. The van der Waals surface area contributed by atoms with Crippen LogP contribution in [0.2, 0.25) is 0 Å². The number of ether oxygens (including phenoxy) is 1. The fourth-order valence-electron chi connectivity index (χ4n) is 6.21. The largest absolute Gasteiger partial charge is 0.380 e. The number of likely N-dealkylation sites (tertiary alicyclic amines) is 1. The van der Waals surface area contributed by atoms with Crippen molar-refractivity contribution in [1.82, 2.24) is 9.88 Å². The Balaban J connectivity index is 1.42. The molecule has 0 spiro atoms. The molecule has 1 aromatic carbocycles. The summed E-state index contributed by atoms with van der Waals surface area (Å²) in [5.41, 5.74) is 8.55. The summed E-state index contributed by atoms with van der Waals surface area (Å²) >= 11 is 0. The van der Waals surface area contributed by atoms with E-state index in [0.29, 0.717) is 17.9 Å². The molecule has 2 aromatic rings. The fourth-order valence-corrected chi connectivity index (χ4v) is 6.21. The lowest BCUT2D eigenvalue weighted by Gasteiger charge is -2.39. The highest BCUT2D eigenvalue weighted by molar-refractivity contribution is 6.01. The Kier molecular flexibility index (Phi) is 7.08. The van der Waals surface area contributed by atoms with Gasteiger partial charge in [-0.2, -0.15) is 0 Å². The second-order valence-corrected chi connectivity index (χ2v) is 10.9. The van der Waals surface area contributed by atoms with E-state index in [-0.39, 0.29) is 0 Å². The van der Waals surface area contributed by atoms with Crippen molar-refractivity contribution in [3.05, 3.63) is 52.7 Å². The second-order valence-electron chi connectivity index (χ2n) is 10.9. The molecular formula is C30H41N3O. The SMILES string of the molecule is C/C1=C/C(c2[nH]c3ccc(C4CCN(C5CCCOC5)CC4)cc3c2C(C)C)=C\CCCC1=N. The molecule has 4 nitrogen and oxygen atoms in total. The Bertz CT molecular complexity index is 1090. The van der Waals surface area contributed by atoms with Gasteiger partial charge in [0.2, 0.25) is 0 Å². The molecule has 1 aliphatic carbocycles. The van der Waals surface area contributed by atoms with Crippen LogP contribution in [0, 0.1) is 5.41 Å². The van der Waals surface area contributed by atoms with Crippen LogP contribution in [0.25, 0.3) is 16.5 Å². The summed E-state index contributed by atoms with van der Waals surface area (Å²) in [6.07, 6.45) is 12.6. The van der Waals surface area contributed by atoms with Crippen LogP contribution >= 0.6 is 0 Å². The maximum atomic E-state index is 8.33. The Morgan fingerprint density at radius 3 is 2.68 bits per heavy atom. The highest BCUT2D eigenvalue weighted by Gasteiger charge is 2.28. The van der Waals surface area contributed by atoms with Crippen LogP contribution in [-0.2, 0) is 4.74 Å². The zero-order valence-corrected chi connectivity index (χ0v) is 21.3. The van der Waals surface area contributed by atoms with E-state index < -0.39 is 0 Å². The van der Waals surface area contributed by atoms with Crippen molar-refractivity contribution in [3.8, 4) is 0 Å². The normalized spacial score (nSPS) is 26.7. The molecule has 2 N–H and O–H groups in total. The monoisotopic (exact) mass is 459 g/mol. The van der Waals surface area contributed by atoms with E-state index >= 15 is 0 Å². The second kappa shape index (κ2) is 10.2. The molecule has 34 heavy (non-hydrogen) atoms. The lowest BCUT2D eigenvalue weighted by atomic mass is 9.86.